The Morgan fingerprint density at radius 1 is 1.29 bits per heavy atom. The summed E-state index contributed by atoms with van der Waals surface area (Å²) < 4.78 is 5.10. The number of likely N-dealkylation sites (tertiary alicyclic amines) is 1. The van der Waals surface area contributed by atoms with E-state index in [0.717, 1.165) is 4.90 Å². The number of hydrogen-bond acceptors (Lipinski definition) is 7. The lowest BCUT2D eigenvalue weighted by atomic mass is 9.79. The Balaban J connectivity index is 2.21. The molecule has 0 aromatic heterocycles. The fourth-order valence-electron chi connectivity index (χ4n) is 4.30. The minimum absolute atomic E-state index is 0.150. The van der Waals surface area contributed by atoms with E-state index in [1.807, 2.05) is 0 Å². The Morgan fingerprint density at radius 3 is 2.43 bits per heavy atom. The Labute approximate surface area is 161 Å². The van der Waals surface area contributed by atoms with Gasteiger partial charge >= 0.3 is 5.97 Å². The van der Waals surface area contributed by atoms with E-state index >= 15 is 0 Å². The van der Waals surface area contributed by atoms with Crippen molar-refractivity contribution in [3.8, 4) is 11.5 Å². The van der Waals surface area contributed by atoms with Crippen LogP contribution >= 0.6 is 0 Å². The first-order valence-corrected chi connectivity index (χ1v) is 8.87. The van der Waals surface area contributed by atoms with Crippen LogP contribution in [0.4, 0.5) is 0 Å². The van der Waals surface area contributed by atoms with Crippen molar-refractivity contribution in [1.29, 1.82) is 0 Å². The van der Waals surface area contributed by atoms with Crippen molar-refractivity contribution in [3.05, 3.63) is 23.8 Å². The molecular formula is C19H24N2O7. The average Bonchev–Trinajstić information content (AvgIpc) is 3.09. The Morgan fingerprint density at radius 2 is 1.93 bits per heavy atom. The highest BCUT2D eigenvalue weighted by atomic mass is 16.5. The Hall–Kier alpha value is -2.65. The summed E-state index contributed by atoms with van der Waals surface area (Å²) in [6, 6.07) is 3.64. The number of benzene rings is 1. The van der Waals surface area contributed by atoms with Crippen LogP contribution in [-0.4, -0.2) is 62.8 Å². The third-order valence-corrected chi connectivity index (χ3v) is 5.54. The van der Waals surface area contributed by atoms with Crippen molar-refractivity contribution in [2.24, 2.45) is 11.8 Å². The molecule has 2 saturated heterocycles. The monoisotopic (exact) mass is 392 g/mol. The smallest absolute Gasteiger partial charge is 0.327 e. The number of aliphatic hydroxyl groups excluding tert-OH is 1. The van der Waals surface area contributed by atoms with E-state index in [1.54, 1.807) is 26.8 Å². The van der Waals surface area contributed by atoms with Gasteiger partial charge in [0.05, 0.1) is 25.6 Å². The molecular weight excluding hydrogens is 368 g/mol. The molecule has 2 fully saturated rings. The number of carbonyl (C=O) groups excluding carboxylic acids is 2. The number of aliphatic carboxylic acids is 1. The molecule has 0 spiro atoms. The van der Waals surface area contributed by atoms with Gasteiger partial charge in [0.15, 0.2) is 17.0 Å². The molecule has 4 unspecified atom stereocenters. The van der Waals surface area contributed by atoms with Gasteiger partial charge in [0.25, 0.3) is 0 Å². The molecule has 2 aliphatic heterocycles. The number of hydrogen-bond donors (Lipinski definition) is 4. The molecule has 2 aliphatic rings. The van der Waals surface area contributed by atoms with Crippen molar-refractivity contribution in [3.63, 3.8) is 0 Å². The highest BCUT2D eigenvalue weighted by Crippen LogP contribution is 2.52. The summed E-state index contributed by atoms with van der Waals surface area (Å²) in [5.74, 6) is -5.14. The van der Waals surface area contributed by atoms with Gasteiger partial charge in [-0.3, -0.25) is 24.6 Å². The van der Waals surface area contributed by atoms with E-state index in [2.05, 4.69) is 5.32 Å². The lowest BCUT2D eigenvalue weighted by molar-refractivity contribution is -0.155. The van der Waals surface area contributed by atoms with Crippen molar-refractivity contribution < 1.29 is 34.4 Å². The second kappa shape index (κ2) is 6.46. The van der Waals surface area contributed by atoms with Gasteiger partial charge in [-0.15, -0.1) is 0 Å². The molecule has 2 heterocycles. The maximum absolute atomic E-state index is 13.2. The number of nitrogens with zero attached hydrogens (tertiary/aromatic N) is 1. The third kappa shape index (κ3) is 2.57. The number of carboxylic acid groups (broad SMARTS) is 1. The number of fused-ring (bicyclic) bond motifs is 1. The predicted molar refractivity (Wildman–Crippen MR) is 96.6 cm³/mol. The summed E-state index contributed by atoms with van der Waals surface area (Å²) in [6.45, 7) is 4.14. The molecule has 9 nitrogen and oxygen atoms in total. The normalized spacial score (nSPS) is 29.9. The van der Waals surface area contributed by atoms with E-state index in [9.17, 15) is 29.7 Å². The SMILES string of the molecule is COc1cccc(C2NC(CO)(C(=O)O)C3C(=O)N(C(C)(C)C)C(=O)C23)c1O. The van der Waals surface area contributed by atoms with Crippen LogP contribution in [0.2, 0.25) is 0 Å². The number of amides is 2. The summed E-state index contributed by atoms with van der Waals surface area (Å²) in [5.41, 5.74) is -2.68. The molecule has 4 N–H and O–H groups in total. The number of aromatic hydroxyl groups is 1. The second-order valence-electron chi connectivity index (χ2n) is 8.14. The lowest BCUT2D eigenvalue weighted by Gasteiger charge is -2.34. The van der Waals surface area contributed by atoms with Gasteiger partial charge in [-0.2, -0.15) is 0 Å². The number of para-hydroxylation sites is 1. The number of phenols is 1. The molecule has 0 radical (unpaired) electrons. The average molecular weight is 392 g/mol. The predicted octanol–water partition coefficient (Wildman–Crippen LogP) is 0.260. The number of ether oxygens (including phenoxy) is 1. The topological polar surface area (TPSA) is 136 Å². The fraction of sp³-hybridized carbons (Fsp3) is 0.526. The maximum Gasteiger partial charge on any atom is 0.327 e. The van der Waals surface area contributed by atoms with Crippen molar-refractivity contribution in [1.82, 2.24) is 10.2 Å². The van der Waals surface area contributed by atoms with E-state index in [4.69, 9.17) is 4.74 Å². The van der Waals surface area contributed by atoms with Crippen molar-refractivity contribution >= 4 is 17.8 Å². The zero-order valence-electron chi connectivity index (χ0n) is 16.1. The van der Waals surface area contributed by atoms with Gasteiger partial charge in [0.2, 0.25) is 11.8 Å². The van der Waals surface area contributed by atoms with Gasteiger partial charge < -0.3 is 20.1 Å². The number of rotatable bonds is 4. The second-order valence-corrected chi connectivity index (χ2v) is 8.14. The molecule has 28 heavy (non-hydrogen) atoms. The van der Waals surface area contributed by atoms with Gasteiger partial charge in [0.1, 0.15) is 0 Å². The van der Waals surface area contributed by atoms with Crippen LogP contribution < -0.4 is 10.1 Å². The van der Waals surface area contributed by atoms with Crippen molar-refractivity contribution in [2.75, 3.05) is 13.7 Å². The molecule has 3 rings (SSSR count). The minimum atomic E-state index is -2.04. The van der Waals surface area contributed by atoms with Gasteiger partial charge in [-0.25, -0.2) is 0 Å². The number of imide groups is 1. The standard InChI is InChI=1S/C19H24N2O7/c1-18(2,3)21-15(24)11-12(16(21)25)19(8-22,17(26)27)20-13(11)9-6-5-7-10(28-4)14(9)23/h5-7,11-13,20,22-23H,8H2,1-4H3,(H,26,27). The molecule has 2 amide bonds. The minimum Gasteiger partial charge on any atom is -0.504 e. The van der Waals surface area contributed by atoms with Crippen LogP contribution in [0, 0.1) is 11.8 Å². The van der Waals surface area contributed by atoms with Gasteiger partial charge in [-0.1, -0.05) is 12.1 Å². The van der Waals surface area contributed by atoms with E-state index in [-0.39, 0.29) is 17.1 Å². The molecule has 0 aliphatic carbocycles. The summed E-state index contributed by atoms with van der Waals surface area (Å²) in [4.78, 5) is 39.5. The number of phenolic OH excluding ortho intramolecular Hbond substituents is 1. The van der Waals surface area contributed by atoms with E-state index in [1.165, 1.54) is 19.2 Å². The molecule has 1 aromatic carbocycles. The zero-order valence-corrected chi connectivity index (χ0v) is 16.1. The molecule has 0 saturated carbocycles. The van der Waals surface area contributed by atoms with Crippen LogP contribution in [0.1, 0.15) is 32.4 Å². The van der Waals surface area contributed by atoms with Crippen molar-refractivity contribution in [2.45, 2.75) is 37.9 Å². The summed E-state index contributed by atoms with van der Waals surface area (Å²) >= 11 is 0. The number of methoxy groups -OCH3 is 1. The van der Waals surface area contributed by atoms with Crippen LogP contribution in [0.25, 0.3) is 0 Å². The Bertz CT molecular complexity index is 847. The fourth-order valence-corrected chi connectivity index (χ4v) is 4.30. The van der Waals surface area contributed by atoms with E-state index in [0.29, 0.717) is 0 Å². The summed E-state index contributed by atoms with van der Waals surface area (Å²) in [7, 11) is 1.37. The van der Waals surface area contributed by atoms with E-state index < -0.39 is 53.3 Å². The first kappa shape index (κ1) is 20.1. The summed E-state index contributed by atoms with van der Waals surface area (Å²) in [5, 5.41) is 33.1. The van der Waals surface area contributed by atoms with Crippen LogP contribution in [0.5, 0.6) is 11.5 Å². The van der Waals surface area contributed by atoms with Crippen LogP contribution in [0.15, 0.2) is 18.2 Å². The van der Waals surface area contributed by atoms with Crippen LogP contribution in [-0.2, 0) is 14.4 Å². The first-order chi connectivity index (χ1) is 13.0. The largest absolute Gasteiger partial charge is 0.504 e. The van der Waals surface area contributed by atoms with Crippen LogP contribution in [0.3, 0.4) is 0 Å². The van der Waals surface area contributed by atoms with Gasteiger partial charge in [0, 0.05) is 17.1 Å². The molecule has 4 atom stereocenters. The quantitative estimate of drug-likeness (QED) is 0.536. The third-order valence-electron chi connectivity index (χ3n) is 5.54. The number of aliphatic hydroxyl groups is 1. The summed E-state index contributed by atoms with van der Waals surface area (Å²) in [6.07, 6.45) is 0. The highest BCUT2D eigenvalue weighted by molar-refractivity contribution is 6.10. The zero-order chi connectivity index (χ0) is 21.0. The maximum atomic E-state index is 13.2. The number of carboxylic acids is 1. The first-order valence-electron chi connectivity index (χ1n) is 8.87. The molecule has 9 heteroatoms. The number of nitrogens with one attached hydrogen (secondary N) is 1. The Kier molecular flexibility index (Phi) is 4.63. The highest BCUT2D eigenvalue weighted by Gasteiger charge is 2.69. The lowest BCUT2D eigenvalue weighted by Crippen LogP contribution is -2.59. The molecule has 0 bridgehead atoms. The molecule has 1 aromatic rings. The van der Waals surface area contributed by atoms with Gasteiger partial charge in [-0.05, 0) is 26.8 Å². The molecule has 152 valence electrons. The number of carbonyl (C=O) groups is 3.